The van der Waals surface area contributed by atoms with Crippen molar-refractivity contribution < 1.29 is 0 Å². The number of benzene rings is 23. The van der Waals surface area contributed by atoms with Gasteiger partial charge < -0.3 is 0 Å². The molecule has 23 rings (SSSR count). The lowest BCUT2D eigenvalue weighted by Gasteiger charge is -2.14. The lowest BCUT2D eigenvalue weighted by Crippen LogP contribution is -1.88. The van der Waals surface area contributed by atoms with Crippen molar-refractivity contribution in [2.75, 3.05) is 0 Å². The van der Waals surface area contributed by atoms with Gasteiger partial charge in [0.05, 0.1) is 0 Å². The molecule has 592 valence electrons. The molecular formula is C124H96. The highest BCUT2D eigenvalue weighted by molar-refractivity contribution is 6.30. The molecule has 0 nitrogen and oxygen atoms in total. The second-order valence-corrected chi connectivity index (χ2v) is 34.7. The standard InChI is InChI=1S/C34H28.2C32H24.C26H20/c1-21-13-22(2)16-27(15-21)25-9-11-31-29-7-5-6-8-30(29)32-12-10-26(20-34(32)33(31)19-25)28-17-23(3)14-24(4)18-28;1-21-7-5-9-23(17-21)25-13-15-29-30-16-14-26(24-10-6-8-22(2)18-24)20-32(30)28-12-4-3-11-27(28)31(29)19-25;1-21-7-5-9-23(17-21)25-13-15-29-27-11-3-4-12-28(27)30-16-14-26(20-32(30)31(29)19-25)24-10-6-8-22(2)18-24;1-17-13-18(2)15-20(14-17)19-11-12-25-23-9-4-3-7-21(23)22-8-5-6-10-24(22)26(25)16-19/h5-20H,1-4H3;2*3-20H,1-2H3;3-16H,1-2H3. The van der Waals surface area contributed by atoms with Crippen LogP contribution in [0.25, 0.3) is 207 Å². The molecule has 0 spiro atoms. The molecule has 0 heterocycles. The average Bonchev–Trinajstić information content (AvgIpc) is 0.743. The summed E-state index contributed by atoms with van der Waals surface area (Å²) in [4.78, 5) is 0. The summed E-state index contributed by atoms with van der Waals surface area (Å²) in [6, 6.07) is 148. The quantitative estimate of drug-likeness (QED) is 0.140. The highest BCUT2D eigenvalue weighted by atomic mass is 14.2. The second kappa shape index (κ2) is 32.6. The van der Waals surface area contributed by atoms with Crippen molar-refractivity contribution in [1.29, 1.82) is 0 Å². The van der Waals surface area contributed by atoms with Crippen LogP contribution in [-0.4, -0.2) is 0 Å². The topological polar surface area (TPSA) is 0 Å². The summed E-state index contributed by atoms with van der Waals surface area (Å²) in [5.41, 5.74) is 30.8. The molecule has 0 fully saturated rings. The van der Waals surface area contributed by atoms with E-state index in [2.05, 4.69) is 470 Å². The van der Waals surface area contributed by atoms with Gasteiger partial charge in [-0.1, -0.05) is 414 Å². The van der Waals surface area contributed by atoms with Crippen LogP contribution in [0.5, 0.6) is 0 Å². The van der Waals surface area contributed by atoms with Gasteiger partial charge in [-0.05, 0) is 319 Å². The molecule has 0 atom stereocenters. The van der Waals surface area contributed by atoms with Crippen LogP contribution in [0.1, 0.15) is 55.6 Å². The van der Waals surface area contributed by atoms with Gasteiger partial charge in [0, 0.05) is 0 Å². The molecule has 23 aromatic carbocycles. The van der Waals surface area contributed by atoms with Crippen LogP contribution in [0.3, 0.4) is 0 Å². The van der Waals surface area contributed by atoms with Gasteiger partial charge >= 0.3 is 0 Å². The molecule has 0 heteroatoms. The summed E-state index contributed by atoms with van der Waals surface area (Å²) >= 11 is 0. The van der Waals surface area contributed by atoms with Crippen molar-refractivity contribution in [3.63, 3.8) is 0 Å². The Bertz CT molecular complexity index is 7720. The predicted molar refractivity (Wildman–Crippen MR) is 541 cm³/mol. The first kappa shape index (κ1) is 77.8. The number of aryl methyl sites for hydroxylation is 10. The monoisotopic (exact) mass is 1580 g/mol. The Morgan fingerprint density at radius 3 is 0.379 bits per heavy atom. The van der Waals surface area contributed by atoms with E-state index in [1.54, 1.807) is 0 Å². The molecule has 0 aliphatic heterocycles. The molecule has 0 N–H and O–H groups in total. The van der Waals surface area contributed by atoms with Gasteiger partial charge in [-0.25, -0.2) is 0 Å². The number of hydrogen-bond donors (Lipinski definition) is 0. The van der Waals surface area contributed by atoms with E-state index >= 15 is 0 Å². The van der Waals surface area contributed by atoms with Crippen molar-refractivity contribution in [3.8, 4) is 77.9 Å². The molecule has 0 radical (unpaired) electrons. The second-order valence-electron chi connectivity index (χ2n) is 34.7. The zero-order valence-corrected chi connectivity index (χ0v) is 72.1. The maximum absolute atomic E-state index is 2.39. The van der Waals surface area contributed by atoms with Gasteiger partial charge in [-0.3, -0.25) is 0 Å². The predicted octanol–water partition coefficient (Wildman–Crippen LogP) is 35.3. The first-order valence-corrected chi connectivity index (χ1v) is 43.5. The largest absolute Gasteiger partial charge is 0.0616 e. The fourth-order valence-corrected chi connectivity index (χ4v) is 19.8. The van der Waals surface area contributed by atoms with Crippen LogP contribution < -0.4 is 0 Å². The average molecular weight is 1590 g/mol. The van der Waals surface area contributed by atoms with Crippen LogP contribution in [0, 0.1) is 69.2 Å². The van der Waals surface area contributed by atoms with Gasteiger partial charge in [-0.15, -0.1) is 0 Å². The fraction of sp³-hybridized carbons (Fsp3) is 0.0806. The molecular weight excluding hydrogens is 1490 g/mol. The van der Waals surface area contributed by atoms with Crippen molar-refractivity contribution in [2.45, 2.75) is 69.2 Å². The van der Waals surface area contributed by atoms with E-state index in [9.17, 15) is 0 Å². The Hall–Kier alpha value is -14.8. The highest BCUT2D eigenvalue weighted by Gasteiger charge is 2.18. The van der Waals surface area contributed by atoms with E-state index in [1.165, 1.54) is 263 Å². The van der Waals surface area contributed by atoms with Gasteiger partial charge in [0.2, 0.25) is 0 Å². The molecule has 0 unspecified atom stereocenters. The zero-order chi connectivity index (χ0) is 84.4. The Balaban J connectivity index is 0.000000105. The maximum atomic E-state index is 2.39. The highest BCUT2D eigenvalue weighted by Crippen LogP contribution is 2.45. The van der Waals surface area contributed by atoms with E-state index in [0.717, 1.165) is 0 Å². The molecule has 0 bridgehead atoms. The minimum atomic E-state index is 1.26. The zero-order valence-electron chi connectivity index (χ0n) is 72.1. The van der Waals surface area contributed by atoms with Crippen molar-refractivity contribution >= 4 is 129 Å². The van der Waals surface area contributed by atoms with E-state index in [-0.39, 0.29) is 0 Å². The molecule has 23 aromatic rings. The Morgan fingerprint density at radius 2 is 0.210 bits per heavy atom. The van der Waals surface area contributed by atoms with Crippen LogP contribution in [0.4, 0.5) is 0 Å². The Labute approximate surface area is 727 Å². The van der Waals surface area contributed by atoms with E-state index in [4.69, 9.17) is 0 Å². The lowest BCUT2D eigenvalue weighted by molar-refractivity contribution is 1.38. The Morgan fingerprint density at radius 1 is 0.0806 bits per heavy atom. The van der Waals surface area contributed by atoms with Gasteiger partial charge in [0.15, 0.2) is 0 Å². The normalized spacial score (nSPS) is 11.5. The summed E-state index contributed by atoms with van der Waals surface area (Å²) in [5.74, 6) is 0. The van der Waals surface area contributed by atoms with Gasteiger partial charge in [0.25, 0.3) is 0 Å². The van der Waals surface area contributed by atoms with E-state index in [1.807, 2.05) is 0 Å². The smallest absolute Gasteiger partial charge is 0.00926 e. The molecule has 0 saturated heterocycles. The first-order valence-electron chi connectivity index (χ1n) is 43.5. The van der Waals surface area contributed by atoms with Crippen LogP contribution in [-0.2, 0) is 0 Å². The molecule has 124 heavy (non-hydrogen) atoms. The summed E-state index contributed by atoms with van der Waals surface area (Å²) in [6.07, 6.45) is 0. The van der Waals surface area contributed by atoms with Crippen molar-refractivity contribution in [3.05, 3.63) is 456 Å². The molecule has 0 saturated carbocycles. The summed E-state index contributed by atoms with van der Waals surface area (Å²) in [5, 5.41) is 31.6. The third kappa shape index (κ3) is 15.1. The van der Waals surface area contributed by atoms with Crippen molar-refractivity contribution in [2.24, 2.45) is 0 Å². The number of hydrogen-bond acceptors (Lipinski definition) is 0. The summed E-state index contributed by atoms with van der Waals surface area (Å²) < 4.78 is 0. The van der Waals surface area contributed by atoms with E-state index in [0.29, 0.717) is 0 Å². The maximum Gasteiger partial charge on any atom is -0.00926 e. The van der Waals surface area contributed by atoms with Gasteiger partial charge in [0.1, 0.15) is 0 Å². The van der Waals surface area contributed by atoms with Crippen molar-refractivity contribution in [1.82, 2.24) is 0 Å². The summed E-state index contributed by atoms with van der Waals surface area (Å²) in [7, 11) is 0. The minimum absolute atomic E-state index is 1.26. The number of rotatable bonds is 7. The molecule has 0 aromatic heterocycles. The third-order valence-corrected chi connectivity index (χ3v) is 25.3. The molecule has 0 aliphatic rings. The lowest BCUT2D eigenvalue weighted by atomic mass is 9.89. The number of fused-ring (bicyclic) bond motifs is 24. The molecule has 0 aliphatic carbocycles. The van der Waals surface area contributed by atoms with E-state index < -0.39 is 0 Å². The first-order chi connectivity index (χ1) is 60.5. The Kier molecular flexibility index (Phi) is 20.5. The molecule has 0 amide bonds. The minimum Gasteiger partial charge on any atom is -0.0616 e. The van der Waals surface area contributed by atoms with Crippen LogP contribution in [0.15, 0.2) is 400 Å². The fourth-order valence-electron chi connectivity index (χ4n) is 19.8. The summed E-state index contributed by atoms with van der Waals surface area (Å²) in [6.45, 7) is 21.7. The van der Waals surface area contributed by atoms with Crippen LogP contribution >= 0.6 is 0 Å². The SMILES string of the molecule is Cc1cc(C)cc(-c2ccc3c4ccccc4c4ccc(-c5cc(C)cc(C)c5)cc4c3c2)c1.Cc1cc(C)cc(-c2ccc3c4ccccc4c4ccccc4c3c2)c1.Cc1cccc(-c2ccc3c4ccc(-c5cccc(C)c5)cc4c4ccccc4c3c2)c1.Cc1cccc(-c2ccc3c4ccccc4c4ccc(-c5cccc(C)c5)cc4c3c2)c1. The van der Waals surface area contributed by atoms with Crippen LogP contribution in [0.2, 0.25) is 0 Å². The van der Waals surface area contributed by atoms with Gasteiger partial charge in [-0.2, -0.15) is 0 Å². The third-order valence-electron chi connectivity index (χ3n) is 25.3.